The first kappa shape index (κ1) is 11.0. The maximum absolute atomic E-state index is 4.39. The lowest BCUT2D eigenvalue weighted by Gasteiger charge is -2.03. The smallest absolute Gasteiger partial charge is 0.0407 e. The predicted octanol–water partition coefficient (Wildman–Crippen LogP) is 3.68. The minimum absolute atomic E-state index is 1.06. The van der Waals surface area contributed by atoms with Crippen LogP contribution in [0.15, 0.2) is 30.0 Å². The molecule has 1 nitrogen and oxygen atoms in total. The van der Waals surface area contributed by atoms with Crippen molar-refractivity contribution >= 4 is 0 Å². The third-order valence-corrected chi connectivity index (χ3v) is 2.54. The third kappa shape index (κ3) is 3.33. The number of hydrogen-bond acceptors (Lipinski definition) is 1. The number of pyridine rings is 1. The molecule has 0 N–H and O–H groups in total. The first-order valence-electron chi connectivity index (χ1n) is 5.31. The topological polar surface area (TPSA) is 12.9 Å². The molecular formula is C13H19N. The lowest BCUT2D eigenvalue weighted by atomic mass is 10.1. The highest BCUT2D eigenvalue weighted by Crippen LogP contribution is 2.10. The van der Waals surface area contributed by atoms with Crippen LogP contribution in [0.4, 0.5) is 0 Å². The van der Waals surface area contributed by atoms with Gasteiger partial charge in [0.15, 0.2) is 0 Å². The van der Waals surface area contributed by atoms with Gasteiger partial charge in [0.1, 0.15) is 0 Å². The second-order valence-corrected chi connectivity index (χ2v) is 3.63. The molecule has 76 valence electrons. The van der Waals surface area contributed by atoms with Crippen molar-refractivity contribution in [2.75, 3.05) is 0 Å². The van der Waals surface area contributed by atoms with Gasteiger partial charge in [-0.1, -0.05) is 24.6 Å². The van der Waals surface area contributed by atoms with Crippen LogP contribution in [0.2, 0.25) is 0 Å². The van der Waals surface area contributed by atoms with Gasteiger partial charge in [-0.3, -0.25) is 4.98 Å². The van der Waals surface area contributed by atoms with Gasteiger partial charge in [-0.25, -0.2) is 0 Å². The monoisotopic (exact) mass is 189 g/mol. The highest BCUT2D eigenvalue weighted by Gasteiger charge is 1.97. The van der Waals surface area contributed by atoms with Crippen LogP contribution >= 0.6 is 0 Å². The predicted molar refractivity (Wildman–Crippen MR) is 61.3 cm³/mol. The molecule has 14 heavy (non-hydrogen) atoms. The van der Waals surface area contributed by atoms with Crippen molar-refractivity contribution in [3.8, 4) is 0 Å². The minimum Gasteiger partial charge on any atom is -0.261 e. The molecule has 0 unspecified atom stereocenters. The summed E-state index contributed by atoms with van der Waals surface area (Å²) >= 11 is 0. The highest BCUT2D eigenvalue weighted by molar-refractivity contribution is 5.13. The van der Waals surface area contributed by atoms with Gasteiger partial charge in [0.25, 0.3) is 0 Å². The number of nitrogens with zero attached hydrogens (tertiary/aromatic N) is 1. The first-order valence-corrected chi connectivity index (χ1v) is 5.31. The summed E-state index contributed by atoms with van der Waals surface area (Å²) in [6.45, 7) is 6.39. The zero-order valence-corrected chi connectivity index (χ0v) is 9.38. The van der Waals surface area contributed by atoms with Crippen LogP contribution in [0.3, 0.4) is 0 Å². The Morgan fingerprint density at radius 1 is 1.43 bits per heavy atom. The number of hydrogen-bond donors (Lipinski definition) is 0. The molecule has 1 aromatic rings. The summed E-state index contributed by atoms with van der Waals surface area (Å²) in [4.78, 5) is 4.39. The van der Waals surface area contributed by atoms with Gasteiger partial charge in [0, 0.05) is 11.9 Å². The van der Waals surface area contributed by atoms with Gasteiger partial charge in [0.05, 0.1) is 0 Å². The molecular weight excluding hydrogens is 170 g/mol. The molecule has 0 aromatic carbocycles. The maximum Gasteiger partial charge on any atom is 0.0407 e. The van der Waals surface area contributed by atoms with Crippen molar-refractivity contribution in [1.29, 1.82) is 0 Å². The summed E-state index contributed by atoms with van der Waals surface area (Å²) in [6.07, 6.45) is 7.52. The molecule has 1 rings (SSSR count). The van der Waals surface area contributed by atoms with Gasteiger partial charge in [-0.15, -0.1) is 0 Å². The van der Waals surface area contributed by atoms with Crippen molar-refractivity contribution < 1.29 is 0 Å². The summed E-state index contributed by atoms with van der Waals surface area (Å²) in [7, 11) is 0. The number of allylic oxidation sites excluding steroid dienone is 2. The van der Waals surface area contributed by atoms with Crippen LogP contribution < -0.4 is 0 Å². The Morgan fingerprint density at radius 2 is 2.21 bits per heavy atom. The van der Waals surface area contributed by atoms with E-state index < -0.39 is 0 Å². The van der Waals surface area contributed by atoms with Gasteiger partial charge in [-0.2, -0.15) is 0 Å². The normalized spacial score (nSPS) is 11.8. The Balaban J connectivity index is 2.49. The van der Waals surface area contributed by atoms with Crippen molar-refractivity contribution in [1.82, 2.24) is 4.98 Å². The minimum atomic E-state index is 1.06. The van der Waals surface area contributed by atoms with Gasteiger partial charge in [-0.05, 0) is 44.7 Å². The molecule has 0 spiro atoms. The van der Waals surface area contributed by atoms with E-state index in [2.05, 4.69) is 44.0 Å². The number of aromatic nitrogens is 1. The zero-order valence-electron chi connectivity index (χ0n) is 9.38. The van der Waals surface area contributed by atoms with Crippen LogP contribution in [0, 0.1) is 6.92 Å². The van der Waals surface area contributed by atoms with Crippen LogP contribution in [0.1, 0.15) is 37.9 Å². The van der Waals surface area contributed by atoms with E-state index in [1.54, 1.807) is 0 Å². The molecule has 0 aliphatic carbocycles. The van der Waals surface area contributed by atoms with Gasteiger partial charge in [0.2, 0.25) is 0 Å². The van der Waals surface area contributed by atoms with Crippen LogP contribution in [-0.4, -0.2) is 4.98 Å². The molecule has 0 saturated heterocycles. The summed E-state index contributed by atoms with van der Waals surface area (Å²) in [6, 6.07) is 4.25. The van der Waals surface area contributed by atoms with E-state index in [1.807, 2.05) is 6.20 Å². The molecule has 0 radical (unpaired) electrons. The third-order valence-electron chi connectivity index (χ3n) is 2.54. The fourth-order valence-corrected chi connectivity index (χ4v) is 1.46. The van der Waals surface area contributed by atoms with E-state index in [-0.39, 0.29) is 0 Å². The largest absolute Gasteiger partial charge is 0.261 e. The second-order valence-electron chi connectivity index (χ2n) is 3.63. The lowest BCUT2D eigenvalue weighted by molar-refractivity contribution is 0.854. The lowest BCUT2D eigenvalue weighted by Crippen LogP contribution is -1.92. The van der Waals surface area contributed by atoms with Crippen molar-refractivity contribution in [2.24, 2.45) is 0 Å². The second kappa shape index (κ2) is 5.58. The Kier molecular flexibility index (Phi) is 4.37. The average Bonchev–Trinajstić information content (AvgIpc) is 2.22. The summed E-state index contributed by atoms with van der Waals surface area (Å²) in [5, 5.41) is 0. The Labute approximate surface area is 86.9 Å². The zero-order chi connectivity index (χ0) is 10.4. The Bertz CT molecular complexity index is 296. The maximum atomic E-state index is 4.39. The van der Waals surface area contributed by atoms with Crippen LogP contribution in [0.25, 0.3) is 0 Å². The van der Waals surface area contributed by atoms with E-state index >= 15 is 0 Å². The van der Waals surface area contributed by atoms with Crippen molar-refractivity contribution in [3.05, 3.63) is 41.2 Å². The van der Waals surface area contributed by atoms with E-state index in [0.717, 1.165) is 19.3 Å². The molecule has 0 fully saturated rings. The fraction of sp³-hybridized carbons (Fsp3) is 0.462. The SMILES string of the molecule is C/C=C(\CC)CCc1ccc(C)cn1. The fourth-order valence-electron chi connectivity index (χ4n) is 1.46. The Hall–Kier alpha value is -1.11. The average molecular weight is 189 g/mol. The van der Waals surface area contributed by atoms with E-state index in [1.165, 1.54) is 16.8 Å². The molecule has 0 atom stereocenters. The van der Waals surface area contributed by atoms with E-state index in [0.29, 0.717) is 0 Å². The van der Waals surface area contributed by atoms with Gasteiger partial charge >= 0.3 is 0 Å². The number of rotatable bonds is 4. The number of aryl methyl sites for hydroxylation is 2. The van der Waals surface area contributed by atoms with Crippen molar-refractivity contribution in [3.63, 3.8) is 0 Å². The van der Waals surface area contributed by atoms with E-state index in [4.69, 9.17) is 0 Å². The first-order chi connectivity index (χ1) is 6.76. The Morgan fingerprint density at radius 3 is 2.71 bits per heavy atom. The molecule has 0 saturated carbocycles. The van der Waals surface area contributed by atoms with Gasteiger partial charge < -0.3 is 0 Å². The summed E-state index contributed by atoms with van der Waals surface area (Å²) in [5.74, 6) is 0. The molecule has 1 heteroatoms. The van der Waals surface area contributed by atoms with E-state index in [9.17, 15) is 0 Å². The molecule has 0 aliphatic rings. The highest BCUT2D eigenvalue weighted by atomic mass is 14.7. The standard InChI is InChI=1S/C13H19N/c1-4-12(5-2)7-9-13-8-6-11(3)10-14-13/h4,6,8,10H,5,7,9H2,1-3H3/b12-4+. The van der Waals surface area contributed by atoms with Crippen LogP contribution in [-0.2, 0) is 6.42 Å². The molecule has 0 aliphatic heterocycles. The molecule has 1 heterocycles. The summed E-state index contributed by atoms with van der Waals surface area (Å²) in [5.41, 5.74) is 3.95. The van der Waals surface area contributed by atoms with Crippen molar-refractivity contribution in [2.45, 2.75) is 40.0 Å². The molecule has 0 bridgehead atoms. The molecule has 0 amide bonds. The summed E-state index contributed by atoms with van der Waals surface area (Å²) < 4.78 is 0. The molecule has 1 aromatic heterocycles. The van der Waals surface area contributed by atoms with Crippen LogP contribution in [0.5, 0.6) is 0 Å². The quantitative estimate of drug-likeness (QED) is 0.658.